The third-order valence-electron chi connectivity index (χ3n) is 2.52. The Morgan fingerprint density at radius 3 is 2.50 bits per heavy atom. The van der Waals surface area contributed by atoms with E-state index in [1.165, 1.54) is 0 Å². The Bertz CT molecular complexity index is 494. The second kappa shape index (κ2) is 5.58. The predicted octanol–water partition coefficient (Wildman–Crippen LogP) is 0.246. The molecule has 1 fully saturated rings. The fraction of sp³-hybridized carbons (Fsp3) is 0.667. The number of hydrogen-bond donors (Lipinski definition) is 1. The number of morpholine rings is 1. The zero-order valence-electron chi connectivity index (χ0n) is 11.9. The van der Waals surface area contributed by atoms with E-state index in [0.29, 0.717) is 32.3 Å². The first kappa shape index (κ1) is 14.4. The fourth-order valence-electron chi connectivity index (χ4n) is 1.70. The van der Waals surface area contributed by atoms with Crippen LogP contribution in [0.1, 0.15) is 31.4 Å². The summed E-state index contributed by atoms with van der Waals surface area (Å²) >= 11 is 0. The van der Waals surface area contributed by atoms with Gasteiger partial charge in [0.2, 0.25) is 17.7 Å². The van der Waals surface area contributed by atoms with Crippen LogP contribution in [0.3, 0.4) is 0 Å². The van der Waals surface area contributed by atoms with Crippen LogP contribution in [0, 0.1) is 0 Å². The summed E-state index contributed by atoms with van der Waals surface area (Å²) in [7, 11) is 0. The van der Waals surface area contributed by atoms with E-state index in [0.717, 1.165) is 0 Å². The van der Waals surface area contributed by atoms with Gasteiger partial charge in [-0.05, 0) is 20.8 Å². The van der Waals surface area contributed by atoms with E-state index >= 15 is 0 Å². The first-order valence-corrected chi connectivity index (χ1v) is 6.43. The van der Waals surface area contributed by atoms with Gasteiger partial charge < -0.3 is 20.1 Å². The molecule has 2 rings (SSSR count). The minimum absolute atomic E-state index is 0.00218. The minimum Gasteiger partial charge on any atom is -0.454 e. The first-order valence-electron chi connectivity index (χ1n) is 6.43. The average molecular weight is 281 g/mol. The van der Waals surface area contributed by atoms with Gasteiger partial charge in [0.05, 0.1) is 13.2 Å². The highest BCUT2D eigenvalue weighted by Crippen LogP contribution is 2.14. The van der Waals surface area contributed by atoms with Crippen molar-refractivity contribution in [1.29, 1.82) is 0 Å². The number of anilines is 2. The Hall–Kier alpha value is -1.96. The molecule has 110 valence electrons. The van der Waals surface area contributed by atoms with Gasteiger partial charge in [0.1, 0.15) is 5.60 Å². The molecule has 1 aliphatic heterocycles. The number of nitrogens with zero attached hydrogens (tertiary/aromatic N) is 4. The summed E-state index contributed by atoms with van der Waals surface area (Å²) in [6, 6.07) is 0. The molecule has 2 N–H and O–H groups in total. The van der Waals surface area contributed by atoms with E-state index in [-0.39, 0.29) is 11.8 Å². The van der Waals surface area contributed by atoms with Crippen molar-refractivity contribution in [2.45, 2.75) is 26.4 Å². The molecular weight excluding hydrogens is 262 g/mol. The Morgan fingerprint density at radius 2 is 1.90 bits per heavy atom. The lowest BCUT2D eigenvalue weighted by Gasteiger charge is -2.27. The van der Waals surface area contributed by atoms with Crippen molar-refractivity contribution < 1.29 is 14.3 Å². The standard InChI is InChI=1S/C12H19N5O3/c1-12(2,3)20-9(18)8-14-10(13)16-11(15-8)17-4-6-19-7-5-17/h4-7H2,1-3H3,(H2,13,14,15,16). The maximum atomic E-state index is 12.0. The number of nitrogens with two attached hydrogens (primary N) is 1. The molecule has 8 heteroatoms. The topological polar surface area (TPSA) is 103 Å². The van der Waals surface area contributed by atoms with Crippen molar-refractivity contribution in [2.24, 2.45) is 0 Å². The Kier molecular flexibility index (Phi) is 4.03. The van der Waals surface area contributed by atoms with Crippen molar-refractivity contribution >= 4 is 17.9 Å². The highest BCUT2D eigenvalue weighted by atomic mass is 16.6. The smallest absolute Gasteiger partial charge is 0.377 e. The Morgan fingerprint density at radius 1 is 1.25 bits per heavy atom. The van der Waals surface area contributed by atoms with Gasteiger partial charge in [0, 0.05) is 13.1 Å². The van der Waals surface area contributed by atoms with Crippen LogP contribution in [-0.4, -0.2) is 52.8 Å². The second-order valence-electron chi connectivity index (χ2n) is 5.42. The van der Waals surface area contributed by atoms with E-state index in [1.54, 1.807) is 20.8 Å². The zero-order chi connectivity index (χ0) is 14.8. The molecule has 8 nitrogen and oxygen atoms in total. The summed E-state index contributed by atoms with van der Waals surface area (Å²) in [5, 5.41) is 0. The number of carbonyl (C=O) groups excluding carboxylic acids is 1. The van der Waals surface area contributed by atoms with Crippen molar-refractivity contribution in [1.82, 2.24) is 15.0 Å². The molecule has 0 bridgehead atoms. The molecule has 1 aromatic rings. The van der Waals surface area contributed by atoms with Crippen LogP contribution in [0.15, 0.2) is 0 Å². The van der Waals surface area contributed by atoms with Crippen LogP contribution >= 0.6 is 0 Å². The van der Waals surface area contributed by atoms with Gasteiger partial charge >= 0.3 is 5.97 Å². The van der Waals surface area contributed by atoms with Crippen LogP contribution < -0.4 is 10.6 Å². The molecule has 0 unspecified atom stereocenters. The van der Waals surface area contributed by atoms with Crippen LogP contribution in [0.2, 0.25) is 0 Å². The van der Waals surface area contributed by atoms with Gasteiger partial charge in [-0.15, -0.1) is 0 Å². The number of hydrogen-bond acceptors (Lipinski definition) is 8. The van der Waals surface area contributed by atoms with Gasteiger partial charge in [0.15, 0.2) is 0 Å². The summed E-state index contributed by atoms with van der Waals surface area (Å²) < 4.78 is 10.5. The molecule has 1 saturated heterocycles. The van der Waals surface area contributed by atoms with E-state index in [9.17, 15) is 4.79 Å². The lowest BCUT2D eigenvalue weighted by molar-refractivity contribution is 0.00554. The van der Waals surface area contributed by atoms with Crippen LogP contribution in [-0.2, 0) is 9.47 Å². The van der Waals surface area contributed by atoms with E-state index in [1.807, 2.05) is 4.90 Å². The van der Waals surface area contributed by atoms with Crippen LogP contribution in [0.25, 0.3) is 0 Å². The van der Waals surface area contributed by atoms with Crippen molar-refractivity contribution in [3.05, 3.63) is 5.82 Å². The molecule has 0 radical (unpaired) electrons. The number of carbonyl (C=O) groups is 1. The molecule has 0 atom stereocenters. The normalized spacial score (nSPS) is 16.1. The first-order chi connectivity index (χ1) is 9.35. The lowest BCUT2D eigenvalue weighted by Crippen LogP contribution is -2.38. The highest BCUT2D eigenvalue weighted by Gasteiger charge is 2.23. The van der Waals surface area contributed by atoms with Gasteiger partial charge in [-0.3, -0.25) is 0 Å². The highest BCUT2D eigenvalue weighted by molar-refractivity contribution is 5.86. The van der Waals surface area contributed by atoms with E-state index < -0.39 is 11.6 Å². The van der Waals surface area contributed by atoms with Gasteiger partial charge in [-0.2, -0.15) is 15.0 Å². The van der Waals surface area contributed by atoms with Crippen molar-refractivity contribution in [2.75, 3.05) is 36.9 Å². The third kappa shape index (κ3) is 3.77. The van der Waals surface area contributed by atoms with Crippen LogP contribution in [0.5, 0.6) is 0 Å². The second-order valence-corrected chi connectivity index (χ2v) is 5.42. The largest absolute Gasteiger partial charge is 0.454 e. The monoisotopic (exact) mass is 281 g/mol. The van der Waals surface area contributed by atoms with Gasteiger partial charge in [-0.25, -0.2) is 4.79 Å². The fourth-order valence-corrected chi connectivity index (χ4v) is 1.70. The summed E-state index contributed by atoms with van der Waals surface area (Å²) in [6.07, 6.45) is 0. The molecule has 0 aliphatic carbocycles. The van der Waals surface area contributed by atoms with Crippen molar-refractivity contribution in [3.8, 4) is 0 Å². The van der Waals surface area contributed by atoms with Gasteiger partial charge in [0.25, 0.3) is 0 Å². The minimum atomic E-state index is -0.613. The quantitative estimate of drug-likeness (QED) is 0.769. The lowest BCUT2D eigenvalue weighted by atomic mass is 10.2. The zero-order valence-corrected chi connectivity index (χ0v) is 11.9. The third-order valence-corrected chi connectivity index (χ3v) is 2.52. The molecule has 0 aromatic carbocycles. The summed E-state index contributed by atoms with van der Waals surface area (Å²) in [4.78, 5) is 25.9. The SMILES string of the molecule is CC(C)(C)OC(=O)c1nc(N)nc(N2CCOCC2)n1. The summed E-state index contributed by atoms with van der Waals surface area (Å²) in [5.41, 5.74) is 5.03. The molecule has 20 heavy (non-hydrogen) atoms. The van der Waals surface area contributed by atoms with Crippen LogP contribution in [0.4, 0.5) is 11.9 Å². The molecule has 1 aromatic heterocycles. The summed E-state index contributed by atoms with van der Waals surface area (Å²) in [6.45, 7) is 7.81. The Balaban J connectivity index is 2.21. The maximum absolute atomic E-state index is 12.0. The Labute approximate surface area is 117 Å². The number of nitrogen functional groups attached to an aromatic ring is 1. The predicted molar refractivity (Wildman–Crippen MR) is 72.4 cm³/mol. The molecule has 1 aliphatic rings. The molecule has 2 heterocycles. The number of aromatic nitrogens is 3. The van der Waals surface area contributed by atoms with E-state index in [4.69, 9.17) is 15.2 Å². The molecule has 0 saturated carbocycles. The number of rotatable bonds is 2. The summed E-state index contributed by atoms with van der Waals surface area (Å²) in [5.74, 6) is -0.306. The van der Waals surface area contributed by atoms with E-state index in [2.05, 4.69) is 15.0 Å². The molecule has 0 spiro atoms. The van der Waals surface area contributed by atoms with Gasteiger partial charge in [-0.1, -0.05) is 0 Å². The average Bonchev–Trinajstić information content (AvgIpc) is 2.37. The number of ether oxygens (including phenoxy) is 2. The number of esters is 1. The molecule has 0 amide bonds. The maximum Gasteiger partial charge on any atom is 0.377 e. The van der Waals surface area contributed by atoms with Crippen molar-refractivity contribution in [3.63, 3.8) is 0 Å². The molecular formula is C12H19N5O3.